The van der Waals surface area contributed by atoms with Crippen LogP contribution in [0.5, 0.6) is 17.2 Å². The van der Waals surface area contributed by atoms with E-state index in [0.29, 0.717) is 56.2 Å². The fourth-order valence-corrected chi connectivity index (χ4v) is 5.43. The Kier molecular flexibility index (Phi) is 11.6. The topological polar surface area (TPSA) is 116 Å². The van der Waals surface area contributed by atoms with Gasteiger partial charge in [-0.15, -0.1) is 0 Å². The largest absolute Gasteiger partial charge is 0.493 e. The van der Waals surface area contributed by atoms with Gasteiger partial charge in [0.1, 0.15) is 11.4 Å². The third-order valence-corrected chi connectivity index (χ3v) is 8.12. The molecular formula is C33H45N3O8. The van der Waals surface area contributed by atoms with Crippen molar-refractivity contribution in [1.29, 1.82) is 0 Å². The first kappa shape index (κ1) is 33.2. The summed E-state index contributed by atoms with van der Waals surface area (Å²) in [6, 6.07) is 12.8. The highest BCUT2D eigenvalue weighted by Gasteiger charge is 2.39. The molecule has 2 atom stereocenters. The molecule has 11 heteroatoms. The Bertz CT molecular complexity index is 1300. The van der Waals surface area contributed by atoms with Crippen LogP contribution in [0, 0.1) is 0 Å². The van der Waals surface area contributed by atoms with Crippen LogP contribution in [0.3, 0.4) is 0 Å². The number of nitrogens with zero attached hydrogens (tertiary/aromatic N) is 2. The molecule has 0 unspecified atom stereocenters. The normalized spacial score (nSPS) is 20.1. The molecule has 240 valence electrons. The summed E-state index contributed by atoms with van der Waals surface area (Å²) < 4.78 is 28.8. The van der Waals surface area contributed by atoms with Crippen molar-refractivity contribution in [1.82, 2.24) is 15.1 Å². The van der Waals surface area contributed by atoms with E-state index in [1.807, 2.05) is 42.5 Å². The average Bonchev–Trinajstić information content (AvgIpc) is 3.02. The molecule has 3 aliphatic rings. The fraction of sp³-hybridized carbons (Fsp3) is 0.545. The Balaban J connectivity index is 1.62. The molecule has 3 heterocycles. The van der Waals surface area contributed by atoms with E-state index in [2.05, 4.69) is 5.32 Å². The predicted octanol–water partition coefficient (Wildman–Crippen LogP) is 3.33. The molecule has 5 rings (SSSR count). The van der Waals surface area contributed by atoms with Crippen LogP contribution in [0.2, 0.25) is 0 Å². The number of nitrogens with one attached hydrogen (secondary N) is 1. The van der Waals surface area contributed by atoms with Gasteiger partial charge in [0, 0.05) is 46.9 Å². The molecule has 4 bridgehead atoms. The summed E-state index contributed by atoms with van der Waals surface area (Å²) in [5.41, 5.74) is 0.812. The molecule has 44 heavy (non-hydrogen) atoms. The highest BCUT2D eigenvalue weighted by molar-refractivity contribution is 5.86. The van der Waals surface area contributed by atoms with Gasteiger partial charge >= 0.3 is 0 Å². The van der Waals surface area contributed by atoms with Gasteiger partial charge in [0.15, 0.2) is 11.5 Å². The van der Waals surface area contributed by atoms with Gasteiger partial charge in [0.05, 0.1) is 32.4 Å². The first-order valence-electron chi connectivity index (χ1n) is 15.1. The molecule has 2 aromatic rings. The maximum absolute atomic E-state index is 13.5. The SMILES string of the molecule is COCCCN1CC(=O)N[C@H]2CN(C(=O)C(C)(C)OC)CC[C@H]2OCc2cccc(c2)Oc2ccc(cc2OC)CCC1=O. The first-order valence-corrected chi connectivity index (χ1v) is 15.1. The van der Waals surface area contributed by atoms with Crippen molar-refractivity contribution in [2.24, 2.45) is 0 Å². The van der Waals surface area contributed by atoms with Crippen LogP contribution in [0.4, 0.5) is 0 Å². The summed E-state index contributed by atoms with van der Waals surface area (Å²) in [5, 5.41) is 3.08. The average molecular weight is 612 g/mol. The van der Waals surface area contributed by atoms with Crippen molar-refractivity contribution in [3.63, 3.8) is 0 Å². The standard InChI is InChI=1S/C33H45N3O8/c1-33(2,42-5)32(39)36-16-14-27-26(20-36)34-30(37)21-35(15-7-17-40-3)31(38)13-11-23-10-12-28(29(19-23)41-4)44-25-9-6-8-24(18-25)22-43-27/h6,8-10,12,18-19,26-27H,7,11,13-17,20-22H2,1-5H3,(H,34,37)/t26-,27+/m0/s1. The quantitative estimate of drug-likeness (QED) is 0.475. The zero-order chi connectivity index (χ0) is 31.7. The third kappa shape index (κ3) is 8.71. The van der Waals surface area contributed by atoms with E-state index in [4.69, 9.17) is 23.7 Å². The smallest absolute Gasteiger partial charge is 0.254 e. The number of aryl methyl sites for hydroxylation is 1. The van der Waals surface area contributed by atoms with Gasteiger partial charge in [0.25, 0.3) is 5.91 Å². The highest BCUT2D eigenvalue weighted by atomic mass is 16.5. The minimum atomic E-state index is -1.00. The lowest BCUT2D eigenvalue weighted by molar-refractivity contribution is -0.155. The lowest BCUT2D eigenvalue weighted by Crippen LogP contribution is -2.60. The molecule has 1 fully saturated rings. The van der Waals surface area contributed by atoms with E-state index in [-0.39, 0.29) is 49.9 Å². The number of ether oxygens (including phenoxy) is 5. The number of benzene rings is 2. The molecule has 3 amide bonds. The van der Waals surface area contributed by atoms with Gasteiger partial charge in [-0.1, -0.05) is 18.2 Å². The predicted molar refractivity (Wildman–Crippen MR) is 164 cm³/mol. The van der Waals surface area contributed by atoms with Gasteiger partial charge in [0.2, 0.25) is 11.8 Å². The van der Waals surface area contributed by atoms with E-state index in [1.54, 1.807) is 37.9 Å². The maximum atomic E-state index is 13.5. The zero-order valence-corrected chi connectivity index (χ0v) is 26.4. The van der Waals surface area contributed by atoms with E-state index in [1.165, 1.54) is 7.11 Å². The van der Waals surface area contributed by atoms with Gasteiger partial charge in [-0.05, 0) is 68.5 Å². The van der Waals surface area contributed by atoms with Crippen molar-refractivity contribution in [3.05, 3.63) is 53.6 Å². The lowest BCUT2D eigenvalue weighted by atomic mass is 9.98. The lowest BCUT2D eigenvalue weighted by Gasteiger charge is -2.41. The number of rotatable bonds is 7. The highest BCUT2D eigenvalue weighted by Crippen LogP contribution is 2.33. The third-order valence-electron chi connectivity index (χ3n) is 8.12. The van der Waals surface area contributed by atoms with Gasteiger partial charge in [-0.25, -0.2) is 0 Å². The number of hydrogen-bond donors (Lipinski definition) is 1. The zero-order valence-electron chi connectivity index (χ0n) is 26.4. The Morgan fingerprint density at radius 2 is 1.89 bits per heavy atom. The van der Waals surface area contributed by atoms with Crippen LogP contribution in [0.25, 0.3) is 0 Å². The molecule has 0 radical (unpaired) electrons. The molecule has 1 saturated heterocycles. The molecule has 0 spiro atoms. The summed E-state index contributed by atoms with van der Waals surface area (Å²) >= 11 is 0. The molecule has 3 aliphatic heterocycles. The Morgan fingerprint density at radius 1 is 1.07 bits per heavy atom. The second-order valence-corrected chi connectivity index (χ2v) is 11.7. The maximum Gasteiger partial charge on any atom is 0.254 e. The fourth-order valence-electron chi connectivity index (χ4n) is 5.43. The van der Waals surface area contributed by atoms with E-state index >= 15 is 0 Å². The Labute approximate surface area is 259 Å². The monoisotopic (exact) mass is 611 g/mol. The van der Waals surface area contributed by atoms with Gasteiger partial charge in [-0.2, -0.15) is 0 Å². The molecule has 11 nitrogen and oxygen atoms in total. The summed E-state index contributed by atoms with van der Waals surface area (Å²) in [7, 11) is 4.69. The number of hydrogen-bond acceptors (Lipinski definition) is 8. The van der Waals surface area contributed by atoms with Crippen molar-refractivity contribution in [3.8, 4) is 17.2 Å². The van der Waals surface area contributed by atoms with Crippen molar-refractivity contribution in [2.75, 3.05) is 54.1 Å². The molecule has 0 saturated carbocycles. The first-order chi connectivity index (χ1) is 21.1. The number of fused-ring (bicyclic) bond motifs is 9. The summed E-state index contributed by atoms with van der Waals surface area (Å²) in [6.45, 7) is 5.19. The molecule has 1 N–H and O–H groups in total. The number of likely N-dealkylation sites (tertiary alicyclic amines) is 1. The van der Waals surface area contributed by atoms with Crippen LogP contribution in [0.1, 0.15) is 44.2 Å². The minimum Gasteiger partial charge on any atom is -0.493 e. The van der Waals surface area contributed by atoms with E-state index in [0.717, 1.165) is 11.1 Å². The van der Waals surface area contributed by atoms with E-state index < -0.39 is 11.6 Å². The summed E-state index contributed by atoms with van der Waals surface area (Å²) in [4.78, 5) is 43.4. The Morgan fingerprint density at radius 3 is 2.64 bits per heavy atom. The number of methoxy groups -OCH3 is 3. The van der Waals surface area contributed by atoms with Crippen LogP contribution in [-0.2, 0) is 41.6 Å². The van der Waals surface area contributed by atoms with Gasteiger partial charge < -0.3 is 38.8 Å². The minimum absolute atomic E-state index is 0.110. The van der Waals surface area contributed by atoms with Crippen LogP contribution in [-0.4, -0.2) is 99.4 Å². The molecule has 2 aromatic carbocycles. The summed E-state index contributed by atoms with van der Waals surface area (Å²) in [5.74, 6) is 1.14. The number of piperidine rings is 1. The number of carbonyl (C=O) groups is 3. The second kappa shape index (κ2) is 15.4. The van der Waals surface area contributed by atoms with Crippen LogP contribution < -0.4 is 14.8 Å². The number of carbonyl (C=O) groups excluding carboxylic acids is 3. The van der Waals surface area contributed by atoms with Gasteiger partial charge in [-0.3, -0.25) is 14.4 Å². The molecule has 0 aromatic heterocycles. The molecular weight excluding hydrogens is 566 g/mol. The van der Waals surface area contributed by atoms with Crippen molar-refractivity contribution < 1.29 is 38.1 Å². The van der Waals surface area contributed by atoms with Crippen LogP contribution >= 0.6 is 0 Å². The number of amides is 3. The van der Waals surface area contributed by atoms with E-state index in [9.17, 15) is 14.4 Å². The molecule has 0 aliphatic carbocycles. The van der Waals surface area contributed by atoms with Crippen molar-refractivity contribution >= 4 is 17.7 Å². The Hall–Kier alpha value is -3.67. The van der Waals surface area contributed by atoms with Crippen molar-refractivity contribution in [2.45, 2.75) is 63.9 Å². The summed E-state index contributed by atoms with van der Waals surface area (Å²) in [6.07, 6.45) is 1.45. The second-order valence-electron chi connectivity index (χ2n) is 11.7. The van der Waals surface area contributed by atoms with Crippen LogP contribution in [0.15, 0.2) is 42.5 Å².